The molecule has 0 aromatic heterocycles. The monoisotopic (exact) mass is 605 g/mol. The number of halogens is 1. The number of hydrogen-bond acceptors (Lipinski definition) is 7. The topological polar surface area (TPSA) is 164 Å². The van der Waals surface area contributed by atoms with E-state index in [4.69, 9.17) is 30.9 Å². The number of amides is 3. The summed E-state index contributed by atoms with van der Waals surface area (Å²) in [5.74, 6) is -0.184. The Labute approximate surface area is 240 Å². The molecule has 2 rings (SSSR count). The fourth-order valence-electron chi connectivity index (χ4n) is 4.73. The van der Waals surface area contributed by atoms with Gasteiger partial charge in [-0.25, -0.2) is 14.2 Å². The summed E-state index contributed by atoms with van der Waals surface area (Å²) in [6.07, 6.45) is -1.52. The van der Waals surface area contributed by atoms with Gasteiger partial charge in [0.1, 0.15) is 18.8 Å². The molecule has 1 saturated heterocycles. The highest BCUT2D eigenvalue weighted by Gasteiger charge is 2.41. The van der Waals surface area contributed by atoms with Crippen molar-refractivity contribution in [1.29, 1.82) is 0 Å². The third-order valence-electron chi connectivity index (χ3n) is 6.54. The number of ether oxygens (including phenoxy) is 2. The molecule has 3 unspecified atom stereocenters. The molecular weight excluding hydrogens is 565 g/mol. The number of phosphoric ester groups is 1. The minimum atomic E-state index is -4.74. The Balaban J connectivity index is 1.96. The van der Waals surface area contributed by atoms with Crippen LogP contribution in [-0.4, -0.2) is 70.3 Å². The molecule has 3 atom stereocenters. The van der Waals surface area contributed by atoms with E-state index < -0.39 is 44.5 Å². The van der Waals surface area contributed by atoms with Gasteiger partial charge in [0.25, 0.3) is 0 Å². The van der Waals surface area contributed by atoms with Gasteiger partial charge in [-0.3, -0.25) is 9.32 Å². The number of hydrogen-bond donors (Lipinski definition) is 4. The number of likely N-dealkylation sites (tertiary alicyclic amines) is 1. The number of benzene rings is 1. The maximum atomic E-state index is 13.5. The summed E-state index contributed by atoms with van der Waals surface area (Å²) in [5.41, 5.74) is -0.572. The zero-order valence-corrected chi connectivity index (χ0v) is 25.6. The third-order valence-corrected chi connectivity index (χ3v) is 7.43. The van der Waals surface area contributed by atoms with Crippen molar-refractivity contribution in [3.8, 4) is 0 Å². The number of rotatable bonds is 10. The minimum Gasteiger partial charge on any atom is -0.431 e. The predicted octanol–water partition coefficient (Wildman–Crippen LogP) is 4.39. The summed E-state index contributed by atoms with van der Waals surface area (Å²) in [6, 6.07) is 6.23. The second-order valence-corrected chi connectivity index (χ2v) is 13.2. The van der Waals surface area contributed by atoms with Crippen LogP contribution in [0, 0.1) is 11.3 Å². The van der Waals surface area contributed by atoms with Gasteiger partial charge in [0, 0.05) is 18.1 Å². The number of nitrogens with zero attached hydrogens (tertiary/aromatic N) is 1. The molecule has 0 bridgehead atoms. The molecule has 0 spiro atoms. The van der Waals surface area contributed by atoms with Gasteiger partial charge in [0.2, 0.25) is 5.91 Å². The van der Waals surface area contributed by atoms with Crippen LogP contribution < -0.4 is 10.6 Å². The predicted molar refractivity (Wildman–Crippen MR) is 149 cm³/mol. The molecule has 4 N–H and O–H groups in total. The number of carbonyl (C=O) groups is 3. The van der Waals surface area contributed by atoms with Crippen LogP contribution in [0.4, 0.5) is 9.59 Å². The smallest absolute Gasteiger partial charge is 0.431 e. The van der Waals surface area contributed by atoms with E-state index in [1.807, 2.05) is 38.1 Å². The maximum absolute atomic E-state index is 13.5. The first-order valence-electron chi connectivity index (χ1n) is 13.0. The third kappa shape index (κ3) is 10.6. The van der Waals surface area contributed by atoms with E-state index in [9.17, 15) is 18.9 Å². The van der Waals surface area contributed by atoms with Crippen molar-refractivity contribution >= 4 is 37.5 Å². The molecule has 1 aromatic rings. The summed E-state index contributed by atoms with van der Waals surface area (Å²) >= 11 is 6.05. The van der Waals surface area contributed by atoms with E-state index in [1.165, 1.54) is 26.3 Å². The van der Waals surface area contributed by atoms with E-state index in [1.54, 1.807) is 4.90 Å². The van der Waals surface area contributed by atoms with Crippen molar-refractivity contribution in [2.45, 2.75) is 78.7 Å². The Bertz CT molecular complexity index is 1090. The van der Waals surface area contributed by atoms with Crippen molar-refractivity contribution in [3.05, 3.63) is 34.9 Å². The quantitative estimate of drug-likeness (QED) is 0.172. The van der Waals surface area contributed by atoms with Crippen molar-refractivity contribution in [1.82, 2.24) is 15.5 Å². The highest BCUT2D eigenvalue weighted by atomic mass is 35.5. The number of carbonyl (C=O) groups excluding carboxylic acids is 3. The average molecular weight is 606 g/mol. The zero-order valence-electron chi connectivity index (χ0n) is 24.0. The van der Waals surface area contributed by atoms with E-state index in [2.05, 4.69) is 29.0 Å². The Kier molecular flexibility index (Phi) is 11.4. The molecule has 3 amide bonds. The first-order valence-corrected chi connectivity index (χ1v) is 14.9. The summed E-state index contributed by atoms with van der Waals surface area (Å²) in [5, 5.41) is 5.87. The first kappa shape index (κ1) is 33.8. The van der Waals surface area contributed by atoms with Crippen LogP contribution in [0.2, 0.25) is 5.02 Å². The van der Waals surface area contributed by atoms with Crippen LogP contribution >= 0.6 is 19.4 Å². The lowest BCUT2D eigenvalue weighted by atomic mass is 9.70. The number of nitrogens with one attached hydrogen (secondary N) is 2. The number of piperidine rings is 1. The van der Waals surface area contributed by atoms with Crippen molar-refractivity contribution in [3.63, 3.8) is 0 Å². The minimum absolute atomic E-state index is 0.204. The summed E-state index contributed by atoms with van der Waals surface area (Å²) in [4.78, 5) is 57.7. The molecule has 12 nitrogen and oxygen atoms in total. The van der Waals surface area contributed by atoms with Gasteiger partial charge < -0.3 is 34.8 Å². The molecule has 14 heteroatoms. The number of urea groups is 1. The zero-order chi connectivity index (χ0) is 30.5. The second kappa shape index (κ2) is 13.5. The largest absolute Gasteiger partial charge is 0.510 e. The number of phosphoric acid groups is 1. The molecule has 0 saturated carbocycles. The van der Waals surface area contributed by atoms with Gasteiger partial charge in [-0.1, -0.05) is 51.4 Å². The first-order chi connectivity index (χ1) is 18.3. The van der Waals surface area contributed by atoms with Gasteiger partial charge in [-0.2, -0.15) is 0 Å². The summed E-state index contributed by atoms with van der Waals surface area (Å²) in [6.45, 7) is 12.6. The van der Waals surface area contributed by atoms with E-state index >= 15 is 0 Å². The van der Waals surface area contributed by atoms with Gasteiger partial charge in [-0.05, 0) is 62.1 Å². The Morgan fingerprint density at radius 2 is 1.77 bits per heavy atom. The van der Waals surface area contributed by atoms with Gasteiger partial charge in [-0.15, -0.1) is 0 Å². The van der Waals surface area contributed by atoms with E-state index in [0.717, 1.165) is 6.42 Å². The molecule has 1 aliphatic rings. The summed E-state index contributed by atoms with van der Waals surface area (Å²) < 4.78 is 25.1. The van der Waals surface area contributed by atoms with Gasteiger partial charge in [0.15, 0.2) is 5.72 Å². The van der Waals surface area contributed by atoms with Crippen LogP contribution in [0.3, 0.4) is 0 Å². The SMILES string of the molecule is CC(COC(=O)OC(C)(C)NC(=O)NC(C(=O)N1CCC(c2ccc(Cl)cc2)C(C)(C)C1)C(C)C)OP(=O)(O)O. The van der Waals surface area contributed by atoms with Gasteiger partial charge in [0.05, 0.1) is 0 Å². The normalized spacial score (nSPS) is 19.0. The fourth-order valence-corrected chi connectivity index (χ4v) is 5.39. The Morgan fingerprint density at radius 3 is 2.30 bits per heavy atom. The van der Waals surface area contributed by atoms with Crippen molar-refractivity contribution < 1.29 is 42.7 Å². The standard InChI is InChI=1S/C26H41ClN3O9P/c1-16(2)21(22(31)30-13-12-20(25(4,5)15-30)18-8-10-19(27)11-9-18)28-23(32)29-26(6,7)38-24(33)37-14-17(3)39-40(34,35)36/h8-11,16-17,20-21H,12-15H2,1-7H3,(H2,28,29,32)(H2,34,35,36). The van der Waals surface area contributed by atoms with Gasteiger partial charge >= 0.3 is 20.0 Å². The molecule has 40 heavy (non-hydrogen) atoms. The second-order valence-electron chi connectivity index (χ2n) is 11.5. The molecule has 0 radical (unpaired) electrons. The van der Waals surface area contributed by atoms with Crippen LogP contribution in [0.25, 0.3) is 0 Å². The molecule has 1 heterocycles. The fraction of sp³-hybridized carbons (Fsp3) is 0.654. The van der Waals surface area contributed by atoms with Crippen LogP contribution in [-0.2, 0) is 23.4 Å². The Hall–Kier alpha value is -2.37. The van der Waals surface area contributed by atoms with E-state index in [-0.39, 0.29) is 23.2 Å². The average Bonchev–Trinajstić information content (AvgIpc) is 2.79. The molecular formula is C26H41ClN3O9P. The molecule has 1 fully saturated rings. The Morgan fingerprint density at radius 1 is 1.18 bits per heavy atom. The lowest BCUT2D eigenvalue weighted by Gasteiger charge is -2.45. The highest BCUT2D eigenvalue weighted by Crippen LogP contribution is 2.42. The molecule has 1 aliphatic heterocycles. The highest BCUT2D eigenvalue weighted by molar-refractivity contribution is 7.46. The maximum Gasteiger partial charge on any atom is 0.510 e. The summed E-state index contributed by atoms with van der Waals surface area (Å²) in [7, 11) is -4.74. The lowest BCUT2D eigenvalue weighted by Crippen LogP contribution is -2.59. The van der Waals surface area contributed by atoms with Crippen LogP contribution in [0.5, 0.6) is 0 Å². The van der Waals surface area contributed by atoms with E-state index in [0.29, 0.717) is 18.1 Å². The molecule has 226 valence electrons. The van der Waals surface area contributed by atoms with Crippen LogP contribution in [0.15, 0.2) is 24.3 Å². The van der Waals surface area contributed by atoms with Crippen molar-refractivity contribution in [2.75, 3.05) is 19.7 Å². The molecule has 1 aromatic carbocycles. The molecule has 0 aliphatic carbocycles. The lowest BCUT2D eigenvalue weighted by molar-refractivity contribution is -0.138. The van der Waals surface area contributed by atoms with Crippen LogP contribution in [0.1, 0.15) is 66.4 Å². The van der Waals surface area contributed by atoms with Crippen molar-refractivity contribution in [2.24, 2.45) is 11.3 Å².